The van der Waals surface area contributed by atoms with Crippen molar-refractivity contribution in [3.05, 3.63) is 18.7 Å². The van der Waals surface area contributed by atoms with Crippen LogP contribution in [0, 0.1) is 5.92 Å². The van der Waals surface area contributed by atoms with Crippen LogP contribution >= 0.6 is 0 Å². The fourth-order valence-electron chi connectivity index (χ4n) is 2.16. The van der Waals surface area contributed by atoms with Crippen molar-refractivity contribution in [2.75, 3.05) is 23.7 Å². The molecule has 106 valence electrons. The van der Waals surface area contributed by atoms with Gasteiger partial charge >= 0.3 is 0 Å². The minimum atomic E-state index is 0.246. The summed E-state index contributed by atoms with van der Waals surface area (Å²) in [5.74, 6) is 2.20. The molecule has 1 aliphatic rings. The van der Waals surface area contributed by atoms with E-state index in [-0.39, 0.29) is 5.95 Å². The highest BCUT2D eigenvalue weighted by Gasteiger charge is 2.25. The van der Waals surface area contributed by atoms with Gasteiger partial charge in [0.2, 0.25) is 17.8 Å². The number of hydrogen-bond donors (Lipinski definition) is 1. The molecule has 0 unspecified atom stereocenters. The smallest absolute Gasteiger partial charge is 0.241 e. The molecule has 2 heterocycles. The highest BCUT2D eigenvalue weighted by Crippen LogP contribution is 2.30. The SMILES string of the molecule is CCCN(CC1CC1)c1nc(N)nc(-n2ccnc2)n1. The second kappa shape index (κ2) is 5.44. The summed E-state index contributed by atoms with van der Waals surface area (Å²) in [5.41, 5.74) is 5.82. The molecule has 0 radical (unpaired) electrons. The van der Waals surface area contributed by atoms with Gasteiger partial charge in [0.1, 0.15) is 6.33 Å². The van der Waals surface area contributed by atoms with Gasteiger partial charge in [0, 0.05) is 25.5 Å². The molecule has 0 aliphatic heterocycles. The molecule has 1 saturated carbocycles. The van der Waals surface area contributed by atoms with E-state index in [1.165, 1.54) is 12.8 Å². The van der Waals surface area contributed by atoms with Crippen LogP contribution < -0.4 is 10.6 Å². The molecular weight excluding hydrogens is 254 g/mol. The number of anilines is 2. The summed E-state index contributed by atoms with van der Waals surface area (Å²) in [7, 11) is 0. The first-order valence-electron chi connectivity index (χ1n) is 7.01. The lowest BCUT2D eigenvalue weighted by Crippen LogP contribution is -2.29. The molecule has 0 spiro atoms. The molecule has 2 N–H and O–H groups in total. The van der Waals surface area contributed by atoms with E-state index in [0.717, 1.165) is 25.4 Å². The molecule has 2 aromatic heterocycles. The van der Waals surface area contributed by atoms with E-state index < -0.39 is 0 Å². The second-order valence-electron chi connectivity index (χ2n) is 5.15. The Morgan fingerprint density at radius 2 is 2.20 bits per heavy atom. The lowest BCUT2D eigenvalue weighted by molar-refractivity contribution is 0.683. The molecule has 7 heteroatoms. The van der Waals surface area contributed by atoms with Crippen LogP contribution in [0.25, 0.3) is 5.95 Å². The Labute approximate surface area is 117 Å². The third-order valence-corrected chi connectivity index (χ3v) is 3.32. The van der Waals surface area contributed by atoms with Crippen LogP contribution in [0.3, 0.4) is 0 Å². The van der Waals surface area contributed by atoms with Crippen molar-refractivity contribution in [2.24, 2.45) is 5.92 Å². The normalized spacial score (nSPS) is 14.4. The topological polar surface area (TPSA) is 85.8 Å². The van der Waals surface area contributed by atoms with Gasteiger partial charge in [-0.05, 0) is 25.2 Å². The van der Waals surface area contributed by atoms with Gasteiger partial charge in [-0.2, -0.15) is 15.0 Å². The van der Waals surface area contributed by atoms with Crippen molar-refractivity contribution in [3.63, 3.8) is 0 Å². The van der Waals surface area contributed by atoms with Gasteiger partial charge in [0.25, 0.3) is 0 Å². The first kappa shape index (κ1) is 12.8. The predicted molar refractivity (Wildman–Crippen MR) is 76.6 cm³/mol. The molecule has 2 aromatic rings. The number of rotatable bonds is 6. The van der Waals surface area contributed by atoms with Crippen LogP contribution in [0.1, 0.15) is 26.2 Å². The van der Waals surface area contributed by atoms with E-state index in [1.807, 2.05) is 0 Å². The van der Waals surface area contributed by atoms with Gasteiger partial charge in [0.05, 0.1) is 0 Å². The largest absolute Gasteiger partial charge is 0.368 e. The molecule has 1 fully saturated rings. The summed E-state index contributed by atoms with van der Waals surface area (Å²) in [4.78, 5) is 19.2. The fraction of sp³-hybridized carbons (Fsp3) is 0.538. The summed E-state index contributed by atoms with van der Waals surface area (Å²) < 4.78 is 1.74. The Morgan fingerprint density at radius 1 is 1.35 bits per heavy atom. The lowest BCUT2D eigenvalue weighted by atomic mass is 10.3. The molecule has 0 atom stereocenters. The van der Waals surface area contributed by atoms with Gasteiger partial charge in [0.15, 0.2) is 0 Å². The average Bonchev–Trinajstić information content (AvgIpc) is 3.08. The van der Waals surface area contributed by atoms with Gasteiger partial charge in [-0.25, -0.2) is 4.98 Å². The Bertz CT molecular complexity index is 562. The number of imidazole rings is 1. The molecule has 20 heavy (non-hydrogen) atoms. The molecule has 1 aliphatic carbocycles. The Balaban J connectivity index is 1.90. The van der Waals surface area contributed by atoms with Gasteiger partial charge < -0.3 is 10.6 Å². The number of nitrogen functional groups attached to an aromatic ring is 1. The first-order valence-corrected chi connectivity index (χ1v) is 7.01. The Kier molecular flexibility index (Phi) is 3.49. The lowest BCUT2D eigenvalue weighted by Gasteiger charge is -2.22. The highest BCUT2D eigenvalue weighted by molar-refractivity contribution is 5.38. The summed E-state index contributed by atoms with van der Waals surface area (Å²) in [6, 6.07) is 0. The van der Waals surface area contributed by atoms with Crippen molar-refractivity contribution in [2.45, 2.75) is 26.2 Å². The monoisotopic (exact) mass is 273 g/mol. The van der Waals surface area contributed by atoms with Crippen LogP contribution in [0.2, 0.25) is 0 Å². The first-order chi connectivity index (χ1) is 9.76. The third-order valence-electron chi connectivity index (χ3n) is 3.32. The maximum absolute atomic E-state index is 5.82. The number of nitrogens with two attached hydrogens (primary N) is 1. The number of aromatic nitrogens is 5. The minimum absolute atomic E-state index is 0.246. The second-order valence-corrected chi connectivity index (χ2v) is 5.15. The van der Waals surface area contributed by atoms with E-state index in [4.69, 9.17) is 5.73 Å². The van der Waals surface area contributed by atoms with E-state index in [0.29, 0.717) is 11.9 Å². The molecule has 0 saturated heterocycles. The van der Waals surface area contributed by atoms with Crippen LogP contribution in [0.15, 0.2) is 18.7 Å². The summed E-state index contributed by atoms with van der Waals surface area (Å²) >= 11 is 0. The van der Waals surface area contributed by atoms with E-state index in [2.05, 4.69) is 31.8 Å². The Morgan fingerprint density at radius 3 is 2.85 bits per heavy atom. The summed E-state index contributed by atoms with van der Waals surface area (Å²) in [6.45, 7) is 4.09. The van der Waals surface area contributed by atoms with Crippen LogP contribution in [0.5, 0.6) is 0 Å². The molecule has 0 bridgehead atoms. The maximum Gasteiger partial charge on any atom is 0.241 e. The summed E-state index contributed by atoms with van der Waals surface area (Å²) in [5, 5.41) is 0. The zero-order chi connectivity index (χ0) is 13.9. The minimum Gasteiger partial charge on any atom is -0.368 e. The molecule has 7 nitrogen and oxygen atoms in total. The fourth-order valence-corrected chi connectivity index (χ4v) is 2.16. The van der Waals surface area contributed by atoms with Crippen LogP contribution in [-0.2, 0) is 0 Å². The molecule has 0 amide bonds. The quantitative estimate of drug-likeness (QED) is 0.853. The van der Waals surface area contributed by atoms with Crippen LogP contribution in [0.4, 0.5) is 11.9 Å². The Hall–Kier alpha value is -2.18. The summed E-state index contributed by atoms with van der Waals surface area (Å²) in [6.07, 6.45) is 8.80. The zero-order valence-corrected chi connectivity index (χ0v) is 11.6. The van der Waals surface area contributed by atoms with E-state index in [1.54, 1.807) is 23.3 Å². The average molecular weight is 273 g/mol. The maximum atomic E-state index is 5.82. The number of hydrogen-bond acceptors (Lipinski definition) is 6. The van der Waals surface area contributed by atoms with Crippen molar-refractivity contribution >= 4 is 11.9 Å². The van der Waals surface area contributed by atoms with Crippen molar-refractivity contribution in [1.82, 2.24) is 24.5 Å². The van der Waals surface area contributed by atoms with Gasteiger partial charge in [-0.3, -0.25) is 4.57 Å². The van der Waals surface area contributed by atoms with Crippen molar-refractivity contribution in [3.8, 4) is 5.95 Å². The van der Waals surface area contributed by atoms with E-state index >= 15 is 0 Å². The van der Waals surface area contributed by atoms with Gasteiger partial charge in [-0.15, -0.1) is 0 Å². The third kappa shape index (κ3) is 2.87. The number of nitrogens with zero attached hydrogens (tertiary/aromatic N) is 6. The molecule has 0 aromatic carbocycles. The standard InChI is InChI=1S/C13H19N7/c1-2-6-19(8-10-3-4-10)12-16-11(14)17-13(18-12)20-7-5-15-9-20/h5,7,9-10H,2-4,6,8H2,1H3,(H2,14,16,17,18). The van der Waals surface area contributed by atoms with Crippen molar-refractivity contribution < 1.29 is 0 Å². The highest BCUT2D eigenvalue weighted by atomic mass is 15.3. The van der Waals surface area contributed by atoms with Gasteiger partial charge in [-0.1, -0.05) is 6.92 Å². The van der Waals surface area contributed by atoms with Crippen LogP contribution in [-0.4, -0.2) is 37.6 Å². The zero-order valence-electron chi connectivity index (χ0n) is 11.6. The molecule has 3 rings (SSSR count). The molecular formula is C13H19N7. The van der Waals surface area contributed by atoms with Crippen molar-refractivity contribution in [1.29, 1.82) is 0 Å². The van der Waals surface area contributed by atoms with E-state index in [9.17, 15) is 0 Å². The predicted octanol–water partition coefficient (Wildman–Crippen LogP) is 1.27.